The number of aryl methyl sites for hydroxylation is 1. The fourth-order valence-corrected chi connectivity index (χ4v) is 3.04. The van der Waals surface area contributed by atoms with E-state index in [-0.39, 0.29) is 17.2 Å². The third-order valence-corrected chi connectivity index (χ3v) is 4.67. The van der Waals surface area contributed by atoms with E-state index in [0.717, 1.165) is 11.2 Å². The van der Waals surface area contributed by atoms with Crippen molar-refractivity contribution in [3.8, 4) is 11.5 Å². The van der Waals surface area contributed by atoms with Gasteiger partial charge < -0.3 is 25.0 Å². The van der Waals surface area contributed by atoms with Crippen LogP contribution in [0.4, 0.5) is 11.6 Å². The first-order valence-electron chi connectivity index (χ1n) is 9.37. The number of hydrogen-bond donors (Lipinski definition) is 3. The Bertz CT molecular complexity index is 1280. The van der Waals surface area contributed by atoms with Crippen molar-refractivity contribution in [2.75, 3.05) is 12.4 Å². The van der Waals surface area contributed by atoms with Crippen LogP contribution in [0.1, 0.15) is 20.8 Å². The lowest BCUT2D eigenvalue weighted by Gasteiger charge is -2.07. The molecule has 9 nitrogen and oxygen atoms in total. The second kappa shape index (κ2) is 8.15. The number of carboxylic acid groups (broad SMARTS) is 1. The van der Waals surface area contributed by atoms with Crippen molar-refractivity contribution in [3.05, 3.63) is 72.1 Å². The molecule has 4 rings (SSSR count). The number of nitrogens with zero attached hydrogens (tertiary/aromatic N) is 3. The first kappa shape index (κ1) is 19.9. The number of hydrogen-bond acceptors (Lipinski definition) is 6. The van der Waals surface area contributed by atoms with Gasteiger partial charge in [0.1, 0.15) is 17.2 Å². The van der Waals surface area contributed by atoms with Crippen molar-refractivity contribution in [1.29, 1.82) is 0 Å². The van der Waals surface area contributed by atoms with E-state index in [1.165, 1.54) is 18.3 Å². The number of carbonyl (C=O) groups is 2. The zero-order valence-corrected chi connectivity index (χ0v) is 16.8. The molecule has 0 atom stereocenters. The summed E-state index contributed by atoms with van der Waals surface area (Å²) in [6.07, 6.45) is 1.51. The van der Waals surface area contributed by atoms with Crippen LogP contribution in [-0.4, -0.2) is 38.6 Å². The monoisotopic (exact) mass is 417 g/mol. The Hall–Kier alpha value is -4.40. The van der Waals surface area contributed by atoms with Crippen LogP contribution < -0.4 is 15.4 Å². The van der Waals surface area contributed by atoms with E-state index in [1.54, 1.807) is 37.4 Å². The fourth-order valence-electron chi connectivity index (χ4n) is 3.04. The average Bonchev–Trinajstić information content (AvgIpc) is 3.08. The lowest BCUT2D eigenvalue weighted by molar-refractivity contribution is 0.0696. The van der Waals surface area contributed by atoms with Crippen LogP contribution in [0.2, 0.25) is 0 Å². The van der Waals surface area contributed by atoms with Gasteiger partial charge in [-0.05, 0) is 42.5 Å². The number of aromatic carboxylic acids is 1. The molecule has 0 aliphatic carbocycles. The molecule has 156 valence electrons. The smallest absolute Gasteiger partial charge is 0.335 e. The highest BCUT2D eigenvalue weighted by Gasteiger charge is 2.11. The van der Waals surface area contributed by atoms with Gasteiger partial charge in [0.15, 0.2) is 0 Å². The number of aromatic nitrogens is 3. The Kier molecular flexibility index (Phi) is 5.23. The summed E-state index contributed by atoms with van der Waals surface area (Å²) in [4.78, 5) is 31.4. The Morgan fingerprint density at radius 2 is 1.77 bits per heavy atom. The molecule has 3 N–H and O–H groups in total. The number of amides is 1. The first-order chi connectivity index (χ1) is 14.9. The second-order valence-corrected chi connectivity index (χ2v) is 6.71. The highest BCUT2D eigenvalue weighted by Crippen LogP contribution is 2.28. The minimum absolute atomic E-state index is 0.216. The molecular formula is C22H19N5O4. The lowest BCUT2D eigenvalue weighted by atomic mass is 10.2. The van der Waals surface area contributed by atoms with Gasteiger partial charge in [0, 0.05) is 38.1 Å². The summed E-state index contributed by atoms with van der Waals surface area (Å²) in [6, 6.07) is 15.2. The molecule has 0 aliphatic rings. The lowest BCUT2D eigenvalue weighted by Crippen LogP contribution is -2.18. The molecule has 0 saturated heterocycles. The van der Waals surface area contributed by atoms with Crippen LogP contribution in [0.15, 0.2) is 60.8 Å². The predicted octanol–water partition coefficient (Wildman–Crippen LogP) is 3.56. The number of benzene rings is 2. The average molecular weight is 417 g/mol. The molecule has 2 aromatic carbocycles. The van der Waals surface area contributed by atoms with Gasteiger partial charge in [0.2, 0.25) is 5.95 Å². The molecule has 31 heavy (non-hydrogen) atoms. The van der Waals surface area contributed by atoms with Crippen molar-refractivity contribution in [2.45, 2.75) is 0 Å². The molecule has 0 saturated carbocycles. The third-order valence-electron chi connectivity index (χ3n) is 4.67. The molecule has 0 aliphatic heterocycles. The van der Waals surface area contributed by atoms with E-state index in [0.29, 0.717) is 23.0 Å². The number of ether oxygens (including phenoxy) is 1. The minimum atomic E-state index is -0.974. The highest BCUT2D eigenvalue weighted by molar-refractivity contribution is 5.92. The Labute approximate surface area is 177 Å². The maximum Gasteiger partial charge on any atom is 0.335 e. The molecule has 4 aromatic rings. The second-order valence-electron chi connectivity index (χ2n) is 6.71. The van der Waals surface area contributed by atoms with Crippen LogP contribution in [0.3, 0.4) is 0 Å². The molecule has 2 aromatic heterocycles. The number of fused-ring (bicyclic) bond motifs is 1. The minimum Gasteiger partial charge on any atom is -0.478 e. The van der Waals surface area contributed by atoms with E-state index in [1.807, 2.05) is 23.7 Å². The van der Waals surface area contributed by atoms with Crippen LogP contribution in [-0.2, 0) is 7.05 Å². The summed E-state index contributed by atoms with van der Waals surface area (Å²) < 4.78 is 7.77. The summed E-state index contributed by atoms with van der Waals surface area (Å²) in [5, 5.41) is 14.7. The van der Waals surface area contributed by atoms with Crippen LogP contribution >= 0.6 is 0 Å². The van der Waals surface area contributed by atoms with Gasteiger partial charge in [0.05, 0.1) is 16.6 Å². The summed E-state index contributed by atoms with van der Waals surface area (Å²) >= 11 is 0. The van der Waals surface area contributed by atoms with Gasteiger partial charge in [0.25, 0.3) is 5.91 Å². The maximum absolute atomic E-state index is 11.8. The molecule has 0 spiro atoms. The zero-order chi connectivity index (χ0) is 22.0. The summed E-state index contributed by atoms with van der Waals surface area (Å²) in [5.74, 6) is 0.384. The van der Waals surface area contributed by atoms with Crippen molar-refractivity contribution >= 4 is 34.5 Å². The molecule has 0 radical (unpaired) electrons. The number of anilines is 2. The molecule has 0 unspecified atom stereocenters. The van der Waals surface area contributed by atoms with Gasteiger partial charge in [-0.2, -0.15) is 0 Å². The Morgan fingerprint density at radius 3 is 2.48 bits per heavy atom. The summed E-state index contributed by atoms with van der Waals surface area (Å²) in [7, 11) is 3.42. The number of carboxylic acids is 1. The summed E-state index contributed by atoms with van der Waals surface area (Å²) in [5.41, 5.74) is 2.80. The van der Waals surface area contributed by atoms with Gasteiger partial charge in [-0.3, -0.25) is 9.78 Å². The number of rotatable bonds is 6. The van der Waals surface area contributed by atoms with Gasteiger partial charge in [-0.1, -0.05) is 0 Å². The quantitative estimate of drug-likeness (QED) is 0.439. The molecule has 2 heterocycles. The number of imidazole rings is 1. The van der Waals surface area contributed by atoms with E-state index in [9.17, 15) is 9.59 Å². The number of pyridine rings is 1. The molecule has 0 fully saturated rings. The highest BCUT2D eigenvalue weighted by atomic mass is 16.5. The van der Waals surface area contributed by atoms with E-state index in [2.05, 4.69) is 20.6 Å². The number of nitrogens with one attached hydrogen (secondary N) is 2. The summed E-state index contributed by atoms with van der Waals surface area (Å²) in [6.45, 7) is 0. The fraction of sp³-hybridized carbons (Fsp3) is 0.0909. The molecule has 0 bridgehead atoms. The topological polar surface area (TPSA) is 118 Å². The van der Waals surface area contributed by atoms with Gasteiger partial charge >= 0.3 is 5.97 Å². The standard InChI is InChI=1S/C22H19N5O4/c1-23-20(28)18-12-16(9-10-24-18)31-15-7-8-19-17(11-15)26-22(27(19)2)25-14-5-3-13(4-6-14)21(29)30/h3-12H,1-2H3,(H,23,28)(H,25,26)(H,29,30). The van der Waals surface area contributed by atoms with Crippen LogP contribution in [0, 0.1) is 0 Å². The Morgan fingerprint density at radius 1 is 1.03 bits per heavy atom. The van der Waals surface area contributed by atoms with Crippen LogP contribution in [0.5, 0.6) is 11.5 Å². The Balaban J connectivity index is 1.57. The molecular weight excluding hydrogens is 398 g/mol. The largest absolute Gasteiger partial charge is 0.478 e. The van der Waals surface area contributed by atoms with Gasteiger partial charge in [-0.15, -0.1) is 0 Å². The SMILES string of the molecule is CNC(=O)c1cc(Oc2ccc3c(c2)nc(Nc2ccc(C(=O)O)cc2)n3C)ccn1. The van der Waals surface area contributed by atoms with E-state index >= 15 is 0 Å². The van der Waals surface area contributed by atoms with Crippen molar-refractivity contribution < 1.29 is 19.4 Å². The van der Waals surface area contributed by atoms with Crippen molar-refractivity contribution in [3.63, 3.8) is 0 Å². The van der Waals surface area contributed by atoms with E-state index in [4.69, 9.17) is 9.84 Å². The van der Waals surface area contributed by atoms with Crippen molar-refractivity contribution in [1.82, 2.24) is 19.9 Å². The first-order valence-corrected chi connectivity index (χ1v) is 9.37. The molecule has 1 amide bonds. The normalized spacial score (nSPS) is 10.6. The van der Waals surface area contributed by atoms with Gasteiger partial charge in [-0.25, -0.2) is 9.78 Å². The molecule has 9 heteroatoms. The third kappa shape index (κ3) is 4.15. The maximum atomic E-state index is 11.8. The predicted molar refractivity (Wildman–Crippen MR) is 115 cm³/mol. The number of carbonyl (C=O) groups excluding carboxylic acids is 1. The van der Waals surface area contributed by atoms with Crippen molar-refractivity contribution in [2.24, 2.45) is 7.05 Å². The zero-order valence-electron chi connectivity index (χ0n) is 16.8. The van der Waals surface area contributed by atoms with Crippen LogP contribution in [0.25, 0.3) is 11.0 Å². The van der Waals surface area contributed by atoms with E-state index < -0.39 is 5.97 Å².